The number of nitrogens with zero attached hydrogens (tertiary/aromatic N) is 3. The van der Waals surface area contributed by atoms with E-state index < -0.39 is 41.1 Å². The Bertz CT molecular complexity index is 967. The minimum absolute atomic E-state index is 0.0381. The van der Waals surface area contributed by atoms with E-state index in [0.717, 1.165) is 13.1 Å². The van der Waals surface area contributed by atoms with Crippen LogP contribution in [0.2, 0.25) is 0 Å². The van der Waals surface area contributed by atoms with Crippen molar-refractivity contribution in [2.24, 2.45) is 17.8 Å². The molecule has 1 N–H and O–H groups in total. The second kappa shape index (κ2) is 12.7. The molecule has 4 heterocycles. The van der Waals surface area contributed by atoms with E-state index in [1.165, 1.54) is 6.08 Å². The predicted octanol–water partition coefficient (Wildman–Crippen LogP) is 1.62. The number of hydrogen-bond donors (Lipinski definition) is 1. The Morgan fingerprint density at radius 2 is 1.95 bits per heavy atom. The summed E-state index contributed by atoms with van der Waals surface area (Å²) in [5, 5.41) is 10.5. The molecule has 4 rings (SSSR count). The third-order valence-corrected chi connectivity index (χ3v) is 9.25. The van der Waals surface area contributed by atoms with Crippen molar-refractivity contribution in [3.63, 3.8) is 0 Å². The van der Waals surface area contributed by atoms with Gasteiger partial charge in [0.2, 0.25) is 11.8 Å². The van der Waals surface area contributed by atoms with E-state index in [4.69, 9.17) is 14.2 Å². The van der Waals surface area contributed by atoms with Crippen LogP contribution in [0.3, 0.4) is 0 Å². The number of likely N-dealkylation sites (tertiary alicyclic amines) is 1. The summed E-state index contributed by atoms with van der Waals surface area (Å²) in [6, 6.07) is -1.52. The van der Waals surface area contributed by atoms with Gasteiger partial charge in [0.1, 0.15) is 24.2 Å². The van der Waals surface area contributed by atoms with Crippen molar-refractivity contribution in [2.75, 3.05) is 59.2 Å². The van der Waals surface area contributed by atoms with Crippen LogP contribution in [0.15, 0.2) is 25.3 Å². The normalized spacial score (nSPS) is 32.3. The number of aliphatic hydroxyl groups is 1. The van der Waals surface area contributed by atoms with E-state index in [1.807, 2.05) is 20.8 Å². The van der Waals surface area contributed by atoms with Crippen molar-refractivity contribution >= 4 is 17.8 Å². The highest BCUT2D eigenvalue weighted by Gasteiger charge is 2.79. The molecule has 40 heavy (non-hydrogen) atoms. The largest absolute Gasteiger partial charge is 0.461 e. The standard InChI is InChI=1S/C30H47N3O7/c1-6-11-32(13-12-31-14-17-38-18-15-31)27(36)25-30-10-9-29(8-3,40-30)24(28(37)39-16-7-2)23(30)26(35)33(25)22(20-34)19-21(4)5/h6-7,21-25,34H,1-2,8-20H2,3-5H3/t22-,23+,24-,25?,29+,30?/m1/s1. The van der Waals surface area contributed by atoms with Crippen molar-refractivity contribution in [3.8, 4) is 0 Å². The fourth-order valence-electron chi connectivity index (χ4n) is 7.45. The number of esters is 1. The summed E-state index contributed by atoms with van der Waals surface area (Å²) in [6.45, 7) is 17.7. The second-order valence-corrected chi connectivity index (χ2v) is 12.0. The fraction of sp³-hybridized carbons (Fsp3) is 0.767. The summed E-state index contributed by atoms with van der Waals surface area (Å²) in [5.41, 5.74) is -2.03. The Kier molecular flexibility index (Phi) is 9.75. The highest BCUT2D eigenvalue weighted by molar-refractivity contribution is 5.98. The number of amides is 2. The van der Waals surface area contributed by atoms with Crippen molar-refractivity contribution in [1.82, 2.24) is 14.7 Å². The Morgan fingerprint density at radius 3 is 2.55 bits per heavy atom. The molecule has 2 bridgehead atoms. The summed E-state index contributed by atoms with van der Waals surface area (Å²) < 4.78 is 17.8. The van der Waals surface area contributed by atoms with Crippen LogP contribution in [-0.4, -0.2) is 120 Å². The maximum atomic E-state index is 14.6. The van der Waals surface area contributed by atoms with Crippen LogP contribution < -0.4 is 0 Å². The maximum absolute atomic E-state index is 14.6. The quantitative estimate of drug-likeness (QED) is 0.252. The Hall–Kier alpha value is -2.27. The minimum Gasteiger partial charge on any atom is -0.461 e. The molecule has 4 aliphatic heterocycles. The highest BCUT2D eigenvalue weighted by atomic mass is 16.6. The molecule has 0 aliphatic carbocycles. The van der Waals surface area contributed by atoms with Gasteiger partial charge in [-0.15, -0.1) is 6.58 Å². The first-order chi connectivity index (χ1) is 19.2. The number of morpholine rings is 1. The van der Waals surface area contributed by atoms with Crippen molar-refractivity contribution in [2.45, 2.75) is 69.7 Å². The number of fused-ring (bicyclic) bond motifs is 1. The van der Waals surface area contributed by atoms with E-state index in [9.17, 15) is 19.5 Å². The molecule has 4 aliphatic rings. The lowest BCUT2D eigenvalue weighted by molar-refractivity contribution is -0.163. The first-order valence-corrected chi connectivity index (χ1v) is 14.8. The first kappa shape index (κ1) is 30.7. The monoisotopic (exact) mass is 561 g/mol. The fourth-order valence-corrected chi connectivity index (χ4v) is 7.45. The van der Waals surface area contributed by atoms with Crippen LogP contribution in [0, 0.1) is 17.8 Å². The van der Waals surface area contributed by atoms with Gasteiger partial charge in [0.05, 0.1) is 37.4 Å². The summed E-state index contributed by atoms with van der Waals surface area (Å²) in [6.07, 6.45) is 5.29. The van der Waals surface area contributed by atoms with Crippen LogP contribution in [0.5, 0.6) is 0 Å². The predicted molar refractivity (Wildman–Crippen MR) is 149 cm³/mol. The summed E-state index contributed by atoms with van der Waals surface area (Å²) in [5.74, 6) is -2.51. The number of hydrogen-bond acceptors (Lipinski definition) is 8. The van der Waals surface area contributed by atoms with Crippen molar-refractivity contribution < 1.29 is 33.7 Å². The van der Waals surface area contributed by atoms with Crippen molar-refractivity contribution in [3.05, 3.63) is 25.3 Å². The molecule has 0 aromatic carbocycles. The molecule has 10 nitrogen and oxygen atoms in total. The van der Waals surface area contributed by atoms with E-state index in [1.54, 1.807) is 15.9 Å². The third kappa shape index (κ3) is 5.35. The average molecular weight is 562 g/mol. The topological polar surface area (TPSA) is 109 Å². The zero-order chi connectivity index (χ0) is 29.1. The molecular weight excluding hydrogens is 514 g/mol. The molecule has 0 radical (unpaired) electrons. The van der Waals surface area contributed by atoms with Gasteiger partial charge in [-0.1, -0.05) is 39.5 Å². The Morgan fingerprint density at radius 1 is 1.23 bits per heavy atom. The maximum Gasteiger partial charge on any atom is 0.313 e. The molecule has 1 spiro atoms. The highest BCUT2D eigenvalue weighted by Crippen LogP contribution is 2.65. The molecule has 10 heteroatoms. The molecule has 0 saturated carbocycles. The number of ether oxygens (including phenoxy) is 3. The van der Waals surface area contributed by atoms with Crippen LogP contribution in [-0.2, 0) is 28.6 Å². The summed E-state index contributed by atoms with van der Waals surface area (Å²) >= 11 is 0. The molecule has 6 atom stereocenters. The van der Waals surface area contributed by atoms with Crippen LogP contribution in [0.25, 0.3) is 0 Å². The zero-order valence-electron chi connectivity index (χ0n) is 24.4. The lowest BCUT2D eigenvalue weighted by Gasteiger charge is -2.40. The van der Waals surface area contributed by atoms with Gasteiger partial charge >= 0.3 is 5.97 Å². The van der Waals surface area contributed by atoms with Gasteiger partial charge in [0.15, 0.2) is 0 Å². The van der Waals surface area contributed by atoms with Crippen molar-refractivity contribution in [1.29, 1.82) is 0 Å². The Labute approximate surface area is 238 Å². The van der Waals surface area contributed by atoms with E-state index in [2.05, 4.69) is 18.1 Å². The van der Waals surface area contributed by atoms with Crippen LogP contribution >= 0.6 is 0 Å². The van der Waals surface area contributed by atoms with Gasteiger partial charge in [0, 0.05) is 32.7 Å². The molecule has 0 aromatic heterocycles. The van der Waals surface area contributed by atoms with Gasteiger partial charge in [-0.2, -0.15) is 0 Å². The lowest BCUT2D eigenvalue weighted by Crippen LogP contribution is -2.59. The molecule has 4 saturated heterocycles. The Balaban J connectivity index is 1.73. The molecule has 4 fully saturated rings. The first-order valence-electron chi connectivity index (χ1n) is 14.8. The van der Waals surface area contributed by atoms with Gasteiger partial charge in [0.25, 0.3) is 0 Å². The smallest absolute Gasteiger partial charge is 0.313 e. The summed E-state index contributed by atoms with van der Waals surface area (Å²) in [4.78, 5) is 48.0. The molecule has 2 amide bonds. The van der Waals surface area contributed by atoms with E-state index in [-0.39, 0.29) is 30.9 Å². The van der Waals surface area contributed by atoms with Crippen LogP contribution in [0.1, 0.15) is 46.5 Å². The van der Waals surface area contributed by atoms with Gasteiger partial charge in [-0.05, 0) is 31.6 Å². The van der Waals surface area contributed by atoms with E-state index in [0.29, 0.717) is 58.5 Å². The second-order valence-electron chi connectivity index (χ2n) is 12.0. The molecular formula is C30H47N3O7. The van der Waals surface area contributed by atoms with Gasteiger partial charge in [-0.25, -0.2) is 0 Å². The minimum atomic E-state index is -1.16. The molecule has 224 valence electrons. The average Bonchev–Trinajstić information content (AvgIpc) is 3.56. The van der Waals surface area contributed by atoms with Crippen LogP contribution in [0.4, 0.5) is 0 Å². The third-order valence-electron chi connectivity index (χ3n) is 9.25. The molecule has 2 unspecified atom stereocenters. The number of carbonyl (C=O) groups excluding carboxylic acids is 3. The number of carbonyl (C=O) groups is 3. The lowest BCUT2D eigenvalue weighted by atomic mass is 9.65. The van der Waals surface area contributed by atoms with Gasteiger partial charge in [-0.3, -0.25) is 19.3 Å². The van der Waals surface area contributed by atoms with Gasteiger partial charge < -0.3 is 29.1 Å². The number of rotatable bonds is 14. The SMILES string of the molecule is C=CCOC(=O)[C@H]1[C@H]2C(=O)N([C@@H](CO)CC(C)C)C(C(=O)N(CC=C)CCN3CCOCC3)C23CC[C@]1(CC)O3. The van der Waals surface area contributed by atoms with E-state index >= 15 is 0 Å². The number of aliphatic hydroxyl groups excluding tert-OH is 1. The summed E-state index contributed by atoms with van der Waals surface area (Å²) in [7, 11) is 0. The molecule has 0 aromatic rings. The zero-order valence-corrected chi connectivity index (χ0v) is 24.4.